The minimum absolute atomic E-state index is 0.276. The predicted molar refractivity (Wildman–Crippen MR) is 90.0 cm³/mol. The lowest BCUT2D eigenvalue weighted by Gasteiger charge is -2.25. The van der Waals surface area contributed by atoms with Crippen LogP contribution in [0.3, 0.4) is 0 Å². The Balaban J connectivity index is 1.75. The van der Waals surface area contributed by atoms with Gasteiger partial charge in [0.25, 0.3) is 0 Å². The number of aromatic nitrogens is 3. The average molecular weight is 325 g/mol. The molecule has 126 valence electrons. The van der Waals surface area contributed by atoms with E-state index in [0.717, 1.165) is 49.8 Å². The second kappa shape index (κ2) is 7.56. The molecule has 1 aromatic heterocycles. The van der Waals surface area contributed by atoms with Gasteiger partial charge in [0.05, 0.1) is 24.3 Å². The number of rotatable bonds is 6. The van der Waals surface area contributed by atoms with Crippen molar-refractivity contribution in [3.63, 3.8) is 0 Å². The van der Waals surface area contributed by atoms with E-state index in [0.29, 0.717) is 12.1 Å². The summed E-state index contributed by atoms with van der Waals surface area (Å²) in [4.78, 5) is 2.33. The molecule has 0 aliphatic carbocycles. The summed E-state index contributed by atoms with van der Waals surface area (Å²) in [5, 5.41) is 17.5. The molecule has 0 radical (unpaired) electrons. The molecule has 1 aliphatic heterocycles. The van der Waals surface area contributed by atoms with Crippen LogP contribution in [0.15, 0.2) is 24.3 Å². The zero-order valence-corrected chi connectivity index (χ0v) is 14.3. The topological polar surface area (TPSA) is 67.0 Å². The molecule has 1 saturated heterocycles. The Labute approximate surface area is 142 Å². The van der Waals surface area contributed by atoms with Crippen molar-refractivity contribution in [3.8, 4) is 6.07 Å². The first-order chi connectivity index (χ1) is 11.7. The Hall–Kier alpha value is -2.23. The first-order valence-electron chi connectivity index (χ1n) is 8.33. The molecule has 0 spiro atoms. The SMILES string of the molecule is Cc1nnc(CN(Cc2cccc(C#N)c2)C[C@H]2CCCO2)n1C. The molecule has 6 nitrogen and oxygen atoms in total. The number of nitriles is 1. The summed E-state index contributed by atoms with van der Waals surface area (Å²) >= 11 is 0. The van der Waals surface area contributed by atoms with Gasteiger partial charge in [-0.15, -0.1) is 10.2 Å². The number of benzene rings is 1. The number of aryl methyl sites for hydroxylation is 1. The van der Waals surface area contributed by atoms with Crippen molar-refractivity contribution in [2.24, 2.45) is 7.05 Å². The van der Waals surface area contributed by atoms with Crippen LogP contribution in [0.5, 0.6) is 0 Å². The summed E-state index contributed by atoms with van der Waals surface area (Å²) in [6.45, 7) is 5.15. The molecule has 1 aliphatic rings. The largest absolute Gasteiger partial charge is 0.377 e. The lowest BCUT2D eigenvalue weighted by Crippen LogP contribution is -2.32. The summed E-state index contributed by atoms with van der Waals surface area (Å²) in [5.41, 5.74) is 1.82. The third-order valence-corrected chi connectivity index (χ3v) is 4.50. The fourth-order valence-corrected chi connectivity index (χ4v) is 3.05. The van der Waals surface area contributed by atoms with Crippen molar-refractivity contribution in [3.05, 3.63) is 47.0 Å². The lowest BCUT2D eigenvalue weighted by atomic mass is 10.1. The Morgan fingerprint density at radius 3 is 2.92 bits per heavy atom. The van der Waals surface area contributed by atoms with E-state index >= 15 is 0 Å². The van der Waals surface area contributed by atoms with Gasteiger partial charge in [-0.05, 0) is 37.5 Å². The third kappa shape index (κ3) is 3.99. The molecule has 0 bridgehead atoms. The maximum atomic E-state index is 9.10. The standard InChI is InChI=1S/C18H23N5O/c1-14-20-21-18(22(14)2)13-23(12-17-7-4-8-24-17)11-16-6-3-5-15(9-16)10-19/h3,5-6,9,17H,4,7-8,11-13H2,1-2H3/t17-/m1/s1. The van der Waals surface area contributed by atoms with Crippen LogP contribution in [-0.4, -0.2) is 38.9 Å². The zero-order chi connectivity index (χ0) is 16.9. The van der Waals surface area contributed by atoms with Crippen molar-refractivity contribution in [1.29, 1.82) is 5.26 Å². The first kappa shape index (κ1) is 16.6. The molecule has 0 saturated carbocycles. The first-order valence-corrected chi connectivity index (χ1v) is 8.33. The highest BCUT2D eigenvalue weighted by Crippen LogP contribution is 2.17. The summed E-state index contributed by atoms with van der Waals surface area (Å²) in [6, 6.07) is 9.98. The van der Waals surface area contributed by atoms with E-state index in [1.807, 2.05) is 36.7 Å². The van der Waals surface area contributed by atoms with Gasteiger partial charge in [0.15, 0.2) is 0 Å². The fourth-order valence-electron chi connectivity index (χ4n) is 3.05. The quantitative estimate of drug-likeness (QED) is 0.814. The summed E-state index contributed by atoms with van der Waals surface area (Å²) < 4.78 is 7.82. The van der Waals surface area contributed by atoms with Crippen LogP contribution in [-0.2, 0) is 24.9 Å². The van der Waals surface area contributed by atoms with Crippen LogP contribution in [0.2, 0.25) is 0 Å². The van der Waals surface area contributed by atoms with E-state index in [1.54, 1.807) is 0 Å². The molecule has 2 heterocycles. The van der Waals surface area contributed by atoms with Crippen LogP contribution < -0.4 is 0 Å². The predicted octanol–water partition coefficient (Wildman–Crippen LogP) is 2.18. The number of ether oxygens (including phenoxy) is 1. The molecular formula is C18H23N5O. The number of hydrogen-bond donors (Lipinski definition) is 0. The van der Waals surface area contributed by atoms with Crippen LogP contribution >= 0.6 is 0 Å². The maximum absolute atomic E-state index is 9.10. The van der Waals surface area contributed by atoms with Crippen molar-refractivity contribution in [2.45, 2.75) is 39.0 Å². The van der Waals surface area contributed by atoms with Crippen LogP contribution in [0.25, 0.3) is 0 Å². The van der Waals surface area contributed by atoms with Crippen LogP contribution in [0.1, 0.15) is 35.6 Å². The van der Waals surface area contributed by atoms with Gasteiger partial charge in [-0.2, -0.15) is 5.26 Å². The average Bonchev–Trinajstić information content (AvgIpc) is 3.20. The van der Waals surface area contributed by atoms with E-state index in [4.69, 9.17) is 10.00 Å². The van der Waals surface area contributed by atoms with Gasteiger partial charge in [0.1, 0.15) is 11.6 Å². The third-order valence-electron chi connectivity index (χ3n) is 4.50. The minimum atomic E-state index is 0.276. The van der Waals surface area contributed by atoms with Gasteiger partial charge in [-0.25, -0.2) is 0 Å². The molecule has 1 atom stereocenters. The smallest absolute Gasteiger partial charge is 0.146 e. The maximum Gasteiger partial charge on any atom is 0.146 e. The van der Waals surface area contributed by atoms with Gasteiger partial charge >= 0.3 is 0 Å². The molecule has 24 heavy (non-hydrogen) atoms. The monoisotopic (exact) mass is 325 g/mol. The van der Waals surface area contributed by atoms with E-state index in [1.165, 1.54) is 0 Å². The van der Waals surface area contributed by atoms with Gasteiger partial charge in [-0.3, -0.25) is 4.90 Å². The molecule has 2 aromatic rings. The van der Waals surface area contributed by atoms with Crippen molar-refractivity contribution in [2.75, 3.05) is 13.2 Å². The molecular weight excluding hydrogens is 302 g/mol. The Kier molecular flexibility index (Phi) is 5.24. The van der Waals surface area contributed by atoms with Crippen molar-refractivity contribution >= 4 is 0 Å². The van der Waals surface area contributed by atoms with E-state index in [2.05, 4.69) is 27.2 Å². The Morgan fingerprint density at radius 2 is 2.25 bits per heavy atom. The lowest BCUT2D eigenvalue weighted by molar-refractivity contribution is 0.0666. The number of nitrogens with zero attached hydrogens (tertiary/aromatic N) is 5. The molecule has 3 rings (SSSR count). The zero-order valence-electron chi connectivity index (χ0n) is 14.3. The fraction of sp³-hybridized carbons (Fsp3) is 0.500. The molecule has 0 unspecified atom stereocenters. The molecule has 0 N–H and O–H groups in total. The van der Waals surface area contributed by atoms with Crippen LogP contribution in [0.4, 0.5) is 0 Å². The van der Waals surface area contributed by atoms with Gasteiger partial charge < -0.3 is 9.30 Å². The second-order valence-corrected chi connectivity index (χ2v) is 6.34. The van der Waals surface area contributed by atoms with Gasteiger partial charge in [0.2, 0.25) is 0 Å². The highest BCUT2D eigenvalue weighted by molar-refractivity contribution is 5.32. The van der Waals surface area contributed by atoms with E-state index in [-0.39, 0.29) is 6.10 Å². The summed E-state index contributed by atoms with van der Waals surface area (Å²) in [6.07, 6.45) is 2.51. The van der Waals surface area contributed by atoms with Gasteiger partial charge in [-0.1, -0.05) is 12.1 Å². The minimum Gasteiger partial charge on any atom is -0.377 e. The summed E-state index contributed by atoms with van der Waals surface area (Å²) in [7, 11) is 1.99. The highest BCUT2D eigenvalue weighted by Gasteiger charge is 2.21. The Morgan fingerprint density at radius 1 is 1.38 bits per heavy atom. The van der Waals surface area contributed by atoms with Gasteiger partial charge in [0, 0.05) is 26.7 Å². The normalized spacial score (nSPS) is 17.3. The van der Waals surface area contributed by atoms with Crippen LogP contribution in [0, 0.1) is 18.3 Å². The van der Waals surface area contributed by atoms with Crippen molar-refractivity contribution in [1.82, 2.24) is 19.7 Å². The Bertz CT molecular complexity index is 727. The number of hydrogen-bond acceptors (Lipinski definition) is 5. The highest BCUT2D eigenvalue weighted by atomic mass is 16.5. The van der Waals surface area contributed by atoms with E-state index < -0.39 is 0 Å². The van der Waals surface area contributed by atoms with Crippen molar-refractivity contribution < 1.29 is 4.74 Å². The summed E-state index contributed by atoms with van der Waals surface area (Å²) in [5.74, 6) is 1.86. The molecule has 1 fully saturated rings. The van der Waals surface area contributed by atoms with E-state index in [9.17, 15) is 0 Å². The second-order valence-electron chi connectivity index (χ2n) is 6.34. The molecule has 1 aromatic carbocycles. The molecule has 6 heteroatoms. The molecule has 0 amide bonds.